The van der Waals surface area contributed by atoms with E-state index in [1.165, 1.54) is 0 Å². The molecule has 2 N–H and O–H groups in total. The van der Waals surface area contributed by atoms with Crippen molar-refractivity contribution in [2.75, 3.05) is 7.05 Å². The van der Waals surface area contributed by atoms with Crippen molar-refractivity contribution in [1.82, 2.24) is 5.32 Å². The maximum absolute atomic E-state index is 9.94. The fraction of sp³-hybridized carbons (Fsp3) is 0.714. The molecule has 0 saturated carbocycles. The summed E-state index contributed by atoms with van der Waals surface area (Å²) in [6.07, 6.45) is 0.605. The lowest BCUT2D eigenvalue weighted by Crippen LogP contribution is -2.36. The van der Waals surface area contributed by atoms with Crippen LogP contribution in [-0.2, 0) is 4.79 Å². The van der Waals surface area contributed by atoms with E-state index < -0.39 is 6.10 Å². The van der Waals surface area contributed by atoms with Gasteiger partial charge < -0.3 is 15.2 Å². The van der Waals surface area contributed by atoms with E-state index in [-0.39, 0.29) is 6.04 Å². The third-order valence-electron chi connectivity index (χ3n) is 1.48. The van der Waals surface area contributed by atoms with Crippen LogP contribution in [0.4, 0.5) is 0 Å². The van der Waals surface area contributed by atoms with Crippen LogP contribution in [0.25, 0.3) is 0 Å². The fourth-order valence-corrected chi connectivity index (χ4v) is 0.798. The first kappa shape index (κ1) is 10.1. The van der Waals surface area contributed by atoms with Gasteiger partial charge in [-0.25, -0.2) is 0 Å². The zero-order valence-electron chi connectivity index (χ0n) is 6.45. The summed E-state index contributed by atoms with van der Waals surface area (Å²) in [5.41, 5.74) is 0. The summed E-state index contributed by atoms with van der Waals surface area (Å²) in [7, 11) is 1.65. The molecule has 0 bridgehead atoms. The summed E-state index contributed by atoms with van der Waals surface area (Å²) >= 11 is 0. The van der Waals surface area contributed by atoms with Crippen molar-refractivity contribution >= 4 is 6.29 Å². The number of carbonyl (C=O) groups is 1. The van der Waals surface area contributed by atoms with Crippen LogP contribution >= 0.6 is 0 Å². The van der Waals surface area contributed by atoms with Gasteiger partial charge in [-0.2, -0.15) is 5.26 Å². The van der Waals surface area contributed by atoms with Gasteiger partial charge in [0.25, 0.3) is 0 Å². The molecule has 0 rings (SSSR count). The minimum Gasteiger partial charge on any atom is -0.376 e. The highest BCUT2D eigenvalue weighted by Crippen LogP contribution is 1.99. The molecule has 0 aliphatic heterocycles. The first-order valence-electron chi connectivity index (χ1n) is 3.44. The normalized spacial score (nSPS) is 15.0. The summed E-state index contributed by atoms with van der Waals surface area (Å²) in [5, 5.41) is 20.1. The minimum absolute atomic E-state index is 0.301. The molecule has 4 nitrogen and oxygen atoms in total. The minimum atomic E-state index is -1.03. The molecule has 0 saturated heterocycles. The molecule has 0 aromatic carbocycles. The van der Waals surface area contributed by atoms with Crippen molar-refractivity contribution in [2.24, 2.45) is 0 Å². The Labute approximate surface area is 65.8 Å². The van der Waals surface area contributed by atoms with E-state index in [9.17, 15) is 4.79 Å². The maximum Gasteiger partial charge on any atom is 0.155 e. The van der Waals surface area contributed by atoms with Gasteiger partial charge in [-0.1, -0.05) is 0 Å². The van der Waals surface area contributed by atoms with Crippen molar-refractivity contribution < 1.29 is 9.90 Å². The van der Waals surface area contributed by atoms with Crippen LogP contribution in [0.5, 0.6) is 0 Å². The Hall–Kier alpha value is -0.920. The number of aliphatic hydroxyl groups is 1. The predicted octanol–water partition coefficient (Wildman–Crippen LogP) is -0.562. The Morgan fingerprint density at radius 3 is 2.82 bits per heavy atom. The quantitative estimate of drug-likeness (QED) is 0.413. The summed E-state index contributed by atoms with van der Waals surface area (Å²) in [4.78, 5) is 9.94. The van der Waals surface area contributed by atoms with Gasteiger partial charge in [0.15, 0.2) is 6.10 Å². The monoisotopic (exact) mass is 156 g/mol. The second-order valence-electron chi connectivity index (χ2n) is 2.21. The number of rotatable bonds is 5. The van der Waals surface area contributed by atoms with Gasteiger partial charge >= 0.3 is 0 Å². The molecule has 0 spiro atoms. The van der Waals surface area contributed by atoms with Crippen molar-refractivity contribution in [1.29, 1.82) is 5.26 Å². The van der Waals surface area contributed by atoms with Gasteiger partial charge in [-0.3, -0.25) is 0 Å². The van der Waals surface area contributed by atoms with Crippen molar-refractivity contribution in [3.05, 3.63) is 0 Å². The second-order valence-corrected chi connectivity index (χ2v) is 2.21. The molecule has 0 aliphatic rings. The van der Waals surface area contributed by atoms with Gasteiger partial charge in [-0.15, -0.1) is 0 Å². The van der Waals surface area contributed by atoms with Crippen LogP contribution < -0.4 is 5.32 Å². The van der Waals surface area contributed by atoms with Crippen LogP contribution in [0.2, 0.25) is 0 Å². The number of hydrogen-bond donors (Lipinski definition) is 2. The lowest BCUT2D eigenvalue weighted by molar-refractivity contribution is -0.108. The summed E-state index contributed by atoms with van der Waals surface area (Å²) in [6.45, 7) is 0. The SMILES string of the molecule is CNC(CCC=O)C(O)C#N. The molecule has 2 unspecified atom stereocenters. The van der Waals surface area contributed by atoms with Crippen molar-refractivity contribution in [3.63, 3.8) is 0 Å². The highest BCUT2D eigenvalue weighted by Gasteiger charge is 2.15. The molecule has 0 aromatic rings. The van der Waals surface area contributed by atoms with Crippen LogP contribution in [0.1, 0.15) is 12.8 Å². The number of nitrogens with one attached hydrogen (secondary N) is 1. The zero-order valence-corrected chi connectivity index (χ0v) is 6.45. The third-order valence-corrected chi connectivity index (χ3v) is 1.48. The largest absolute Gasteiger partial charge is 0.376 e. The predicted molar refractivity (Wildman–Crippen MR) is 39.8 cm³/mol. The Kier molecular flexibility index (Phi) is 5.35. The Morgan fingerprint density at radius 1 is 1.82 bits per heavy atom. The molecule has 0 aromatic heterocycles. The van der Waals surface area contributed by atoms with Crippen molar-refractivity contribution in [2.45, 2.75) is 25.0 Å². The lowest BCUT2D eigenvalue weighted by atomic mass is 10.1. The molecular weight excluding hydrogens is 144 g/mol. The van der Waals surface area contributed by atoms with E-state index in [4.69, 9.17) is 10.4 Å². The molecule has 4 heteroatoms. The number of likely N-dealkylation sites (N-methyl/N-ethyl adjacent to an activating group) is 1. The number of nitriles is 1. The molecule has 11 heavy (non-hydrogen) atoms. The zero-order chi connectivity index (χ0) is 8.69. The topological polar surface area (TPSA) is 73.1 Å². The number of aldehydes is 1. The summed E-state index contributed by atoms with van der Waals surface area (Å²) in [5.74, 6) is 0. The van der Waals surface area contributed by atoms with E-state index in [2.05, 4.69) is 5.32 Å². The smallest absolute Gasteiger partial charge is 0.155 e. The highest BCUT2D eigenvalue weighted by molar-refractivity contribution is 5.49. The fourth-order valence-electron chi connectivity index (χ4n) is 0.798. The Balaban J connectivity index is 3.76. The number of carbonyl (C=O) groups excluding carboxylic acids is 1. The third kappa shape index (κ3) is 3.71. The van der Waals surface area contributed by atoms with E-state index >= 15 is 0 Å². The average molecular weight is 156 g/mol. The van der Waals surface area contributed by atoms with Crippen LogP contribution in [0, 0.1) is 11.3 Å². The molecule has 0 fully saturated rings. The van der Waals surface area contributed by atoms with E-state index in [1.54, 1.807) is 13.1 Å². The first-order chi connectivity index (χ1) is 5.26. The maximum atomic E-state index is 9.94. The standard InChI is InChI=1S/C7H12N2O2/c1-9-6(3-2-4-10)7(11)5-8/h4,6-7,9,11H,2-3H2,1H3. The van der Waals surface area contributed by atoms with Gasteiger partial charge in [0.1, 0.15) is 6.29 Å². The molecular formula is C7H12N2O2. The number of hydrogen-bond acceptors (Lipinski definition) is 4. The Morgan fingerprint density at radius 2 is 2.45 bits per heavy atom. The van der Waals surface area contributed by atoms with Gasteiger partial charge in [0.2, 0.25) is 0 Å². The average Bonchev–Trinajstić information content (AvgIpc) is 2.05. The molecule has 0 amide bonds. The van der Waals surface area contributed by atoms with E-state index in [0.717, 1.165) is 6.29 Å². The summed E-state index contributed by atoms with van der Waals surface area (Å²) < 4.78 is 0. The van der Waals surface area contributed by atoms with Gasteiger partial charge in [-0.05, 0) is 13.5 Å². The Bertz CT molecular complexity index is 153. The molecule has 0 radical (unpaired) electrons. The highest BCUT2D eigenvalue weighted by atomic mass is 16.3. The molecule has 2 atom stereocenters. The van der Waals surface area contributed by atoms with Gasteiger partial charge in [0.05, 0.1) is 6.07 Å². The van der Waals surface area contributed by atoms with E-state index in [0.29, 0.717) is 12.8 Å². The molecule has 0 heterocycles. The van der Waals surface area contributed by atoms with Crippen LogP contribution in [-0.4, -0.2) is 30.6 Å². The van der Waals surface area contributed by atoms with Crippen LogP contribution in [0.15, 0.2) is 0 Å². The number of aliphatic hydroxyl groups excluding tert-OH is 1. The van der Waals surface area contributed by atoms with Crippen molar-refractivity contribution in [3.8, 4) is 6.07 Å². The second kappa shape index (κ2) is 5.83. The number of nitrogens with zero attached hydrogens (tertiary/aromatic N) is 1. The van der Waals surface area contributed by atoms with Gasteiger partial charge in [0, 0.05) is 12.5 Å². The summed E-state index contributed by atoms with van der Waals surface area (Å²) in [6, 6.07) is 1.40. The van der Waals surface area contributed by atoms with E-state index in [1.807, 2.05) is 0 Å². The van der Waals surface area contributed by atoms with Crippen LogP contribution in [0.3, 0.4) is 0 Å². The lowest BCUT2D eigenvalue weighted by Gasteiger charge is -2.15. The first-order valence-corrected chi connectivity index (χ1v) is 3.44. The molecule has 62 valence electrons. The molecule has 0 aliphatic carbocycles.